The minimum atomic E-state index is -3.57. The monoisotopic (exact) mass is 444 g/mol. The fraction of sp³-hybridized carbons (Fsp3) is 0.150. The Morgan fingerprint density at radius 3 is 2.56 bits per heavy atom. The van der Waals surface area contributed by atoms with Gasteiger partial charge in [-0.1, -0.05) is 46.3 Å². The second kappa shape index (κ2) is 6.98. The molecule has 3 aromatic rings. The molecule has 0 aliphatic carbocycles. The first-order chi connectivity index (χ1) is 13.0. The number of rotatable bonds is 5. The molecule has 7 heteroatoms. The van der Waals surface area contributed by atoms with Gasteiger partial charge in [0.15, 0.2) is 0 Å². The number of hydrogen-bond donors (Lipinski definition) is 1. The van der Waals surface area contributed by atoms with Crippen LogP contribution in [0.5, 0.6) is 0 Å². The molecule has 4 rings (SSSR count). The topological polar surface area (TPSA) is 66.5 Å². The first kappa shape index (κ1) is 18.0. The number of nitrogens with one attached hydrogen (secondary N) is 1. The summed E-state index contributed by atoms with van der Waals surface area (Å²) in [5.41, 5.74) is 1.40. The molecule has 5 nitrogen and oxygen atoms in total. The van der Waals surface area contributed by atoms with E-state index in [0.29, 0.717) is 22.7 Å². The number of amides is 1. The van der Waals surface area contributed by atoms with Gasteiger partial charge in [0.25, 0.3) is 10.0 Å². The molecular weight excluding hydrogens is 428 g/mol. The summed E-state index contributed by atoms with van der Waals surface area (Å²) in [5.74, 6) is -0.139. The summed E-state index contributed by atoms with van der Waals surface area (Å²) in [7, 11) is -3.57. The second-order valence-electron chi connectivity index (χ2n) is 6.37. The maximum atomic E-state index is 12.9. The molecule has 0 fully saturated rings. The van der Waals surface area contributed by atoms with Crippen molar-refractivity contribution in [2.45, 2.75) is 17.7 Å². The zero-order chi connectivity index (χ0) is 19.0. The van der Waals surface area contributed by atoms with Crippen LogP contribution in [-0.4, -0.2) is 20.9 Å². The van der Waals surface area contributed by atoms with Gasteiger partial charge in [-0.25, -0.2) is 8.42 Å². The highest BCUT2D eigenvalue weighted by Gasteiger charge is 2.34. The number of sulfonamides is 1. The average Bonchev–Trinajstić information content (AvgIpc) is 2.85. The summed E-state index contributed by atoms with van der Waals surface area (Å²) in [6.07, 6.45) is 0.675. The zero-order valence-corrected chi connectivity index (χ0v) is 16.8. The molecule has 1 aliphatic heterocycles. The summed E-state index contributed by atoms with van der Waals surface area (Å²) in [5, 5.41) is 4.50. The van der Waals surface area contributed by atoms with Gasteiger partial charge in [0.1, 0.15) is 0 Å². The number of nitrogens with zero attached hydrogens (tertiary/aromatic N) is 1. The van der Waals surface area contributed by atoms with E-state index >= 15 is 0 Å². The van der Waals surface area contributed by atoms with Crippen LogP contribution >= 0.6 is 15.9 Å². The lowest BCUT2D eigenvalue weighted by molar-refractivity contribution is -0.116. The number of benzene rings is 3. The standard InChI is InChI=1S/C20H17BrN2O3S/c21-15-7-3-8-16(13-15)22-19(24)11-4-12-23-17-9-1-5-14-6-2-10-18(20(14)17)27(23,25)26/h1-3,5-10,13H,4,11-12H2,(H,22,24). The van der Waals surface area contributed by atoms with Gasteiger partial charge >= 0.3 is 0 Å². The molecule has 138 valence electrons. The van der Waals surface area contributed by atoms with Crippen molar-refractivity contribution in [3.63, 3.8) is 0 Å². The molecule has 1 amide bonds. The average molecular weight is 445 g/mol. The van der Waals surface area contributed by atoms with E-state index in [4.69, 9.17) is 0 Å². The van der Waals surface area contributed by atoms with Gasteiger partial charge in [-0.15, -0.1) is 0 Å². The molecule has 3 aromatic carbocycles. The predicted molar refractivity (Wildman–Crippen MR) is 110 cm³/mol. The Balaban J connectivity index is 1.46. The van der Waals surface area contributed by atoms with Crippen LogP contribution in [0.25, 0.3) is 10.8 Å². The lowest BCUT2D eigenvalue weighted by atomic mass is 10.1. The lowest BCUT2D eigenvalue weighted by Crippen LogP contribution is -2.28. The third kappa shape index (κ3) is 3.33. The molecule has 0 saturated carbocycles. The number of halogens is 1. The first-order valence-electron chi connectivity index (χ1n) is 8.57. The molecule has 1 heterocycles. The number of anilines is 2. The summed E-state index contributed by atoms with van der Waals surface area (Å²) < 4.78 is 28.1. The minimum absolute atomic E-state index is 0.139. The number of carbonyl (C=O) groups is 1. The Morgan fingerprint density at radius 1 is 1.04 bits per heavy atom. The van der Waals surface area contributed by atoms with E-state index in [1.807, 2.05) is 48.5 Å². The SMILES string of the molecule is O=C(CCCN1c2cccc3cccc(c23)S1(=O)=O)Nc1cccc(Br)c1. The Morgan fingerprint density at radius 2 is 1.78 bits per heavy atom. The van der Waals surface area contributed by atoms with E-state index in [2.05, 4.69) is 21.2 Å². The smallest absolute Gasteiger partial charge is 0.265 e. The van der Waals surface area contributed by atoms with Crippen molar-refractivity contribution in [2.24, 2.45) is 0 Å². The van der Waals surface area contributed by atoms with Crippen molar-refractivity contribution < 1.29 is 13.2 Å². The highest BCUT2D eigenvalue weighted by atomic mass is 79.9. The van der Waals surface area contributed by atoms with Crippen molar-refractivity contribution in [3.05, 3.63) is 65.1 Å². The van der Waals surface area contributed by atoms with Crippen molar-refractivity contribution in [1.29, 1.82) is 0 Å². The van der Waals surface area contributed by atoms with Crippen molar-refractivity contribution in [2.75, 3.05) is 16.2 Å². The maximum Gasteiger partial charge on any atom is 0.265 e. The van der Waals surface area contributed by atoms with E-state index in [-0.39, 0.29) is 18.9 Å². The van der Waals surface area contributed by atoms with Gasteiger partial charge in [0.2, 0.25) is 5.91 Å². The molecule has 0 saturated heterocycles. The molecule has 27 heavy (non-hydrogen) atoms. The molecule has 1 aliphatic rings. The summed E-state index contributed by atoms with van der Waals surface area (Å²) in [6, 6.07) is 18.2. The molecule has 1 N–H and O–H groups in total. The molecule has 0 aromatic heterocycles. The van der Waals surface area contributed by atoms with E-state index in [1.165, 1.54) is 4.31 Å². The fourth-order valence-corrected chi connectivity index (χ4v) is 5.52. The van der Waals surface area contributed by atoms with Crippen molar-refractivity contribution >= 4 is 54.0 Å². The van der Waals surface area contributed by atoms with Crippen molar-refractivity contribution in [1.82, 2.24) is 0 Å². The zero-order valence-electron chi connectivity index (χ0n) is 14.4. The molecule has 0 atom stereocenters. The van der Waals surface area contributed by atoms with Gasteiger partial charge in [-0.05, 0) is 42.1 Å². The predicted octanol–water partition coefficient (Wildman–Crippen LogP) is 4.53. The van der Waals surface area contributed by atoms with Crippen LogP contribution in [0.1, 0.15) is 12.8 Å². The van der Waals surface area contributed by atoms with E-state index in [9.17, 15) is 13.2 Å². The number of carbonyl (C=O) groups excluding carboxylic acids is 1. The quantitative estimate of drug-likeness (QED) is 0.628. The van der Waals surface area contributed by atoms with Gasteiger partial charge in [0.05, 0.1) is 10.6 Å². The van der Waals surface area contributed by atoms with Gasteiger partial charge in [0, 0.05) is 28.5 Å². The number of hydrogen-bond acceptors (Lipinski definition) is 3. The maximum absolute atomic E-state index is 12.9. The molecule has 0 bridgehead atoms. The van der Waals surface area contributed by atoms with Crippen LogP contribution < -0.4 is 9.62 Å². The van der Waals surface area contributed by atoms with Crippen LogP contribution in [0, 0.1) is 0 Å². The van der Waals surface area contributed by atoms with Gasteiger partial charge in [-0.3, -0.25) is 9.10 Å². The molecular formula is C20H17BrN2O3S. The second-order valence-corrected chi connectivity index (χ2v) is 9.12. The summed E-state index contributed by atoms with van der Waals surface area (Å²) in [4.78, 5) is 12.5. The third-order valence-electron chi connectivity index (χ3n) is 4.55. The van der Waals surface area contributed by atoms with Gasteiger partial charge in [-0.2, -0.15) is 0 Å². The largest absolute Gasteiger partial charge is 0.326 e. The molecule has 0 radical (unpaired) electrons. The van der Waals surface area contributed by atoms with E-state index < -0.39 is 10.0 Å². The van der Waals surface area contributed by atoms with Crippen LogP contribution in [-0.2, 0) is 14.8 Å². The Bertz CT molecular complexity index is 1140. The Hall–Kier alpha value is -2.38. The Kier molecular flexibility index (Phi) is 4.65. The van der Waals surface area contributed by atoms with Crippen LogP contribution in [0.15, 0.2) is 70.0 Å². The van der Waals surface area contributed by atoms with Crippen LogP contribution in [0.2, 0.25) is 0 Å². The van der Waals surface area contributed by atoms with Crippen molar-refractivity contribution in [3.8, 4) is 0 Å². The molecule has 0 spiro atoms. The Labute approximate surface area is 166 Å². The summed E-state index contributed by atoms with van der Waals surface area (Å²) in [6.45, 7) is 0.266. The van der Waals surface area contributed by atoms with Crippen LogP contribution in [0.4, 0.5) is 11.4 Å². The van der Waals surface area contributed by atoms with Crippen LogP contribution in [0.3, 0.4) is 0 Å². The molecule has 0 unspecified atom stereocenters. The van der Waals surface area contributed by atoms with E-state index in [1.54, 1.807) is 12.1 Å². The highest BCUT2D eigenvalue weighted by molar-refractivity contribution is 9.10. The summed E-state index contributed by atoms with van der Waals surface area (Å²) >= 11 is 3.37. The fourth-order valence-electron chi connectivity index (χ4n) is 3.37. The third-order valence-corrected chi connectivity index (χ3v) is 6.90. The first-order valence-corrected chi connectivity index (χ1v) is 10.8. The normalized spacial score (nSPS) is 14.5. The minimum Gasteiger partial charge on any atom is -0.326 e. The lowest BCUT2D eigenvalue weighted by Gasteiger charge is -2.18. The van der Waals surface area contributed by atoms with Gasteiger partial charge < -0.3 is 5.32 Å². The highest BCUT2D eigenvalue weighted by Crippen LogP contribution is 2.41. The van der Waals surface area contributed by atoms with E-state index in [0.717, 1.165) is 15.2 Å².